The molecule has 0 saturated carbocycles. The molecule has 1 saturated heterocycles. The lowest BCUT2D eigenvalue weighted by Crippen LogP contribution is -2.54. The highest BCUT2D eigenvalue weighted by molar-refractivity contribution is 5.94. The number of ether oxygens (including phenoxy) is 1. The minimum Gasteiger partial charge on any atom is -0.391 e. The van der Waals surface area contributed by atoms with Crippen molar-refractivity contribution < 1.29 is 14.9 Å². The first-order valence-electron chi connectivity index (χ1n) is 7.09. The van der Waals surface area contributed by atoms with Gasteiger partial charge in [0, 0.05) is 17.5 Å². The van der Waals surface area contributed by atoms with Crippen LogP contribution in [0, 0.1) is 12.3 Å². The Bertz CT molecular complexity index is 732. The third-order valence-corrected chi connectivity index (χ3v) is 4.19. The molecule has 0 amide bonds. The minimum atomic E-state index is -1.52. The Hall–Kier alpha value is -2.31. The molecule has 1 aromatic rings. The van der Waals surface area contributed by atoms with Gasteiger partial charge in [0.25, 0.3) is 0 Å². The summed E-state index contributed by atoms with van der Waals surface area (Å²) in [5.41, 5.74) is 11.7. The maximum atomic E-state index is 10.4. The normalized spacial score (nSPS) is 34.3. The molecule has 0 aliphatic carbocycles. The predicted octanol–water partition coefficient (Wildman–Crippen LogP) is -1.02. The molecule has 8 nitrogen and oxygen atoms in total. The maximum Gasteiger partial charge on any atom is 0.199 e. The lowest BCUT2D eigenvalue weighted by atomic mass is 9.90. The molecule has 5 atom stereocenters. The molecule has 0 bridgehead atoms. The summed E-state index contributed by atoms with van der Waals surface area (Å²) in [5.74, 6) is 3.04. The molecular formula is C15H19N5O3. The molecule has 3 heterocycles. The largest absolute Gasteiger partial charge is 0.391 e. The zero-order valence-corrected chi connectivity index (χ0v) is 12.6. The molecule has 0 spiro atoms. The number of nitrogens with two attached hydrogens (primary N) is 2. The molecule has 8 heteroatoms. The summed E-state index contributed by atoms with van der Waals surface area (Å²) in [7, 11) is 0. The Kier molecular flexibility index (Phi) is 3.46. The standard InChI is InChI=1S/C15H19N5O3/c1-4-15(17)11(22)10(8(3)21)23-13(15)20-6-5-9-7(2)18-14(16)19-12(9)20/h1,5-6,8,10-11,13,21-22H,2,17H2,3H3,(H3,16,18,19)/t8-,10+,11?,13+,15+/m0/s1. The van der Waals surface area contributed by atoms with Gasteiger partial charge in [-0.2, -0.15) is 4.99 Å². The number of nitrogens with one attached hydrogen (secondary N) is 1. The number of nitrogens with zero attached hydrogens (tertiary/aromatic N) is 2. The average molecular weight is 317 g/mol. The van der Waals surface area contributed by atoms with Crippen molar-refractivity contribution in [3.8, 4) is 12.3 Å². The SMILES string of the molecule is C#C[C@@]1(N)C(O)[C@@H]([C@H](C)O)O[C@H]1n1ccc2c1N=C(N)NC2=C. The number of terminal acetylenes is 1. The Balaban J connectivity index is 2.10. The molecule has 7 N–H and O–H groups in total. The quantitative estimate of drug-likeness (QED) is 0.444. The number of hydrogen-bond acceptors (Lipinski definition) is 7. The summed E-state index contributed by atoms with van der Waals surface area (Å²) in [6, 6.07) is 1.77. The Morgan fingerprint density at radius 2 is 2.35 bits per heavy atom. The van der Waals surface area contributed by atoms with E-state index in [-0.39, 0.29) is 5.96 Å². The van der Waals surface area contributed by atoms with Crippen molar-refractivity contribution in [3.05, 3.63) is 24.4 Å². The van der Waals surface area contributed by atoms with Crippen molar-refractivity contribution in [1.29, 1.82) is 0 Å². The highest BCUT2D eigenvalue weighted by Crippen LogP contribution is 2.42. The molecule has 2 aliphatic heterocycles. The van der Waals surface area contributed by atoms with Gasteiger partial charge >= 0.3 is 0 Å². The Labute approximate surface area is 133 Å². The van der Waals surface area contributed by atoms with E-state index in [1.807, 2.05) is 0 Å². The lowest BCUT2D eigenvalue weighted by molar-refractivity contribution is -0.0760. The third-order valence-electron chi connectivity index (χ3n) is 4.19. The number of fused-ring (bicyclic) bond motifs is 1. The fraction of sp³-hybridized carbons (Fsp3) is 0.400. The summed E-state index contributed by atoms with van der Waals surface area (Å²) in [5, 5.41) is 23.0. The second-order valence-corrected chi connectivity index (χ2v) is 5.78. The van der Waals surface area contributed by atoms with E-state index in [4.69, 9.17) is 22.6 Å². The Morgan fingerprint density at radius 3 is 2.96 bits per heavy atom. The van der Waals surface area contributed by atoms with Crippen LogP contribution in [-0.2, 0) is 4.74 Å². The van der Waals surface area contributed by atoms with Crippen molar-refractivity contribution in [2.45, 2.75) is 37.0 Å². The summed E-state index contributed by atoms with van der Waals surface area (Å²) >= 11 is 0. The van der Waals surface area contributed by atoms with Crippen molar-refractivity contribution in [1.82, 2.24) is 9.88 Å². The number of guanidine groups is 1. The van der Waals surface area contributed by atoms with Gasteiger partial charge in [-0.3, -0.25) is 0 Å². The van der Waals surface area contributed by atoms with Crippen molar-refractivity contribution in [3.63, 3.8) is 0 Å². The average Bonchev–Trinajstić information content (AvgIpc) is 3.00. The van der Waals surface area contributed by atoms with Crippen LogP contribution in [0.15, 0.2) is 23.8 Å². The first-order chi connectivity index (χ1) is 10.8. The number of aliphatic hydroxyl groups excluding tert-OH is 2. The highest BCUT2D eigenvalue weighted by atomic mass is 16.5. The second-order valence-electron chi connectivity index (χ2n) is 5.78. The van der Waals surface area contributed by atoms with E-state index < -0.39 is 30.1 Å². The van der Waals surface area contributed by atoms with Gasteiger partial charge < -0.3 is 36.3 Å². The lowest BCUT2D eigenvalue weighted by Gasteiger charge is -2.29. The summed E-state index contributed by atoms with van der Waals surface area (Å²) < 4.78 is 7.35. The molecule has 1 aromatic heterocycles. The van der Waals surface area contributed by atoms with Crippen LogP contribution in [0.3, 0.4) is 0 Å². The van der Waals surface area contributed by atoms with Crippen LogP contribution < -0.4 is 16.8 Å². The first-order valence-corrected chi connectivity index (χ1v) is 7.09. The van der Waals surface area contributed by atoms with E-state index >= 15 is 0 Å². The molecule has 0 radical (unpaired) electrons. The van der Waals surface area contributed by atoms with E-state index in [0.717, 1.165) is 5.56 Å². The first kappa shape index (κ1) is 15.6. The predicted molar refractivity (Wildman–Crippen MR) is 85.2 cm³/mol. The van der Waals surface area contributed by atoms with E-state index in [0.29, 0.717) is 11.5 Å². The summed E-state index contributed by atoms with van der Waals surface area (Å²) in [6.45, 7) is 5.37. The van der Waals surface area contributed by atoms with Crippen LogP contribution in [0.2, 0.25) is 0 Å². The summed E-state index contributed by atoms with van der Waals surface area (Å²) in [4.78, 5) is 4.23. The van der Waals surface area contributed by atoms with Gasteiger partial charge in [0.2, 0.25) is 0 Å². The smallest absolute Gasteiger partial charge is 0.199 e. The zero-order valence-electron chi connectivity index (χ0n) is 12.6. The van der Waals surface area contributed by atoms with E-state index in [1.165, 1.54) is 6.92 Å². The van der Waals surface area contributed by atoms with Crippen LogP contribution in [0.5, 0.6) is 0 Å². The van der Waals surface area contributed by atoms with Gasteiger partial charge in [-0.15, -0.1) is 6.42 Å². The van der Waals surface area contributed by atoms with Gasteiger partial charge in [-0.1, -0.05) is 12.5 Å². The van der Waals surface area contributed by atoms with Crippen LogP contribution in [0.25, 0.3) is 5.70 Å². The van der Waals surface area contributed by atoms with Crippen molar-refractivity contribution in [2.24, 2.45) is 16.5 Å². The van der Waals surface area contributed by atoms with Gasteiger partial charge in [0.15, 0.2) is 17.7 Å². The van der Waals surface area contributed by atoms with Crippen molar-refractivity contribution in [2.75, 3.05) is 0 Å². The molecule has 1 unspecified atom stereocenters. The molecule has 23 heavy (non-hydrogen) atoms. The van der Waals surface area contributed by atoms with E-state index in [2.05, 4.69) is 22.8 Å². The fourth-order valence-electron chi connectivity index (χ4n) is 2.93. The van der Waals surface area contributed by atoms with Crippen molar-refractivity contribution >= 4 is 17.5 Å². The zero-order chi connectivity index (χ0) is 16.9. The van der Waals surface area contributed by atoms with Crippen LogP contribution >= 0.6 is 0 Å². The third kappa shape index (κ3) is 2.14. The fourth-order valence-corrected chi connectivity index (χ4v) is 2.93. The molecular weight excluding hydrogens is 298 g/mol. The molecule has 122 valence electrons. The molecule has 1 fully saturated rings. The topological polar surface area (TPSA) is 131 Å². The van der Waals surface area contributed by atoms with Crippen LogP contribution in [0.4, 0.5) is 5.82 Å². The molecule has 3 rings (SSSR count). The van der Waals surface area contributed by atoms with Crippen LogP contribution in [-0.4, -0.2) is 44.6 Å². The molecule has 0 aromatic carbocycles. The van der Waals surface area contributed by atoms with Gasteiger partial charge in [0.05, 0.1) is 6.10 Å². The minimum absolute atomic E-state index is 0.177. The Morgan fingerprint density at radius 1 is 1.65 bits per heavy atom. The number of rotatable bonds is 2. The summed E-state index contributed by atoms with van der Waals surface area (Å²) in [6.07, 6.45) is 3.23. The number of aliphatic hydroxyl groups is 2. The van der Waals surface area contributed by atoms with Gasteiger partial charge in [0.1, 0.15) is 18.0 Å². The molecule has 2 aliphatic rings. The van der Waals surface area contributed by atoms with Gasteiger partial charge in [-0.25, -0.2) is 0 Å². The number of hydrogen-bond donors (Lipinski definition) is 5. The second kappa shape index (κ2) is 5.11. The maximum absolute atomic E-state index is 10.4. The van der Waals surface area contributed by atoms with Gasteiger partial charge in [-0.05, 0) is 13.0 Å². The van der Waals surface area contributed by atoms with E-state index in [9.17, 15) is 10.2 Å². The van der Waals surface area contributed by atoms with Crippen LogP contribution in [0.1, 0.15) is 18.7 Å². The van der Waals surface area contributed by atoms with E-state index in [1.54, 1.807) is 16.8 Å². The number of aromatic nitrogens is 1. The number of aliphatic imine (C=N–C) groups is 1. The monoisotopic (exact) mass is 317 g/mol. The highest BCUT2D eigenvalue weighted by Gasteiger charge is 2.55.